The van der Waals surface area contributed by atoms with Crippen molar-refractivity contribution in [2.45, 2.75) is 77.4 Å². The molecule has 0 saturated heterocycles. The first kappa shape index (κ1) is 22.0. The summed E-state index contributed by atoms with van der Waals surface area (Å²) in [6.45, 7) is 7.54. The van der Waals surface area contributed by atoms with E-state index in [1.807, 2.05) is 20.8 Å². The second kappa shape index (κ2) is 7.87. The van der Waals surface area contributed by atoms with Crippen molar-refractivity contribution >= 4 is 17.5 Å². The second-order valence-corrected chi connectivity index (χ2v) is 8.46. The summed E-state index contributed by atoms with van der Waals surface area (Å²) in [4.78, 5) is 37.6. The molecule has 0 aromatic heterocycles. The Labute approximate surface area is 175 Å². The Morgan fingerprint density at radius 3 is 2.43 bits per heavy atom. The summed E-state index contributed by atoms with van der Waals surface area (Å²) in [5.41, 5.74) is -0.123. The van der Waals surface area contributed by atoms with Gasteiger partial charge in [0.25, 0.3) is 0 Å². The van der Waals surface area contributed by atoms with Crippen LogP contribution in [0.15, 0.2) is 17.2 Å². The molecule has 162 valence electrons. The van der Waals surface area contributed by atoms with E-state index in [9.17, 15) is 24.6 Å². The minimum atomic E-state index is -1.06. The van der Waals surface area contributed by atoms with Crippen molar-refractivity contribution in [3.05, 3.63) is 33.9 Å². The van der Waals surface area contributed by atoms with Crippen LogP contribution in [-0.4, -0.2) is 45.1 Å². The van der Waals surface area contributed by atoms with Gasteiger partial charge in [-0.25, -0.2) is 0 Å². The monoisotopic (exact) mass is 416 g/mol. The van der Waals surface area contributed by atoms with Gasteiger partial charge in [0.05, 0.1) is 29.8 Å². The molecule has 1 heterocycles. The molecule has 30 heavy (non-hydrogen) atoms. The highest BCUT2D eigenvalue weighted by atomic mass is 16.5. The fourth-order valence-corrected chi connectivity index (χ4v) is 4.75. The molecule has 1 aromatic carbocycles. The van der Waals surface area contributed by atoms with Crippen LogP contribution in [0.25, 0.3) is 0 Å². The number of carbonyl (C=O) groups excluding carboxylic acids is 2. The molecule has 3 rings (SSSR count). The van der Waals surface area contributed by atoms with Crippen LogP contribution in [0.4, 0.5) is 0 Å². The summed E-state index contributed by atoms with van der Waals surface area (Å²) in [6.07, 6.45) is 0.414. The van der Waals surface area contributed by atoms with Crippen molar-refractivity contribution in [1.82, 2.24) is 0 Å². The molecule has 0 radical (unpaired) electrons. The molecule has 3 N–H and O–H groups in total. The summed E-state index contributed by atoms with van der Waals surface area (Å²) in [5, 5.41) is 30.8. The maximum atomic E-state index is 13.4. The summed E-state index contributed by atoms with van der Waals surface area (Å²) in [6, 6.07) is 1.39. The van der Waals surface area contributed by atoms with E-state index in [0.717, 1.165) is 12.8 Å². The maximum Gasteiger partial charge on any atom is 0.305 e. The van der Waals surface area contributed by atoms with Gasteiger partial charge in [0, 0.05) is 23.1 Å². The van der Waals surface area contributed by atoms with Crippen molar-refractivity contribution in [1.29, 1.82) is 0 Å². The van der Waals surface area contributed by atoms with E-state index < -0.39 is 35.2 Å². The molecule has 3 atom stereocenters. The van der Waals surface area contributed by atoms with Crippen LogP contribution in [-0.2, 0) is 14.9 Å². The van der Waals surface area contributed by atoms with Crippen molar-refractivity contribution in [2.75, 3.05) is 0 Å². The number of Topliss-reactive ketones (excluding diaryl/α,β-unsaturated/α-hetero) is 2. The first-order valence-corrected chi connectivity index (χ1v) is 10.3. The first-order chi connectivity index (χ1) is 14.1. The number of phenols is 2. The van der Waals surface area contributed by atoms with Crippen LogP contribution in [0.3, 0.4) is 0 Å². The van der Waals surface area contributed by atoms with Crippen LogP contribution in [0.5, 0.6) is 11.5 Å². The Morgan fingerprint density at radius 1 is 1.20 bits per heavy atom. The lowest BCUT2D eigenvalue weighted by Gasteiger charge is -2.35. The molecular formula is C23H28O7. The largest absolute Gasteiger partial charge is 0.507 e. The SMILES string of the molecule is CCCC(C)(CC)c1cc(O)c2c(c1O)C(=O)C1=C(C[C@@H](CC(=O)O)O[C@@H]1C)C2=O. The van der Waals surface area contributed by atoms with Gasteiger partial charge in [-0.3, -0.25) is 14.4 Å². The predicted octanol–water partition coefficient (Wildman–Crippen LogP) is 3.89. The van der Waals surface area contributed by atoms with Gasteiger partial charge in [0.2, 0.25) is 0 Å². The third-order valence-electron chi connectivity index (χ3n) is 6.45. The molecular weight excluding hydrogens is 388 g/mol. The van der Waals surface area contributed by atoms with E-state index in [2.05, 4.69) is 0 Å². The van der Waals surface area contributed by atoms with E-state index in [1.54, 1.807) is 6.92 Å². The maximum absolute atomic E-state index is 13.4. The van der Waals surface area contributed by atoms with Gasteiger partial charge >= 0.3 is 5.97 Å². The lowest BCUT2D eigenvalue weighted by Crippen LogP contribution is -2.38. The molecule has 1 unspecified atom stereocenters. The third-order valence-corrected chi connectivity index (χ3v) is 6.45. The highest BCUT2D eigenvalue weighted by Crippen LogP contribution is 2.48. The van der Waals surface area contributed by atoms with Crippen molar-refractivity contribution < 1.29 is 34.4 Å². The smallest absolute Gasteiger partial charge is 0.305 e. The van der Waals surface area contributed by atoms with Gasteiger partial charge in [-0.15, -0.1) is 0 Å². The number of aromatic hydroxyl groups is 2. The molecule has 7 heteroatoms. The molecule has 7 nitrogen and oxygen atoms in total. The number of carboxylic acids is 1. The first-order valence-electron chi connectivity index (χ1n) is 10.3. The molecule has 0 spiro atoms. The molecule has 1 aromatic rings. The molecule has 0 fully saturated rings. The van der Waals surface area contributed by atoms with Crippen LogP contribution >= 0.6 is 0 Å². The lowest BCUT2D eigenvalue weighted by molar-refractivity contribution is -0.141. The van der Waals surface area contributed by atoms with Gasteiger partial charge < -0.3 is 20.1 Å². The number of benzene rings is 1. The highest BCUT2D eigenvalue weighted by Gasteiger charge is 2.44. The zero-order valence-electron chi connectivity index (χ0n) is 17.7. The van der Waals surface area contributed by atoms with Crippen molar-refractivity contribution in [2.24, 2.45) is 0 Å². The number of ether oxygens (including phenoxy) is 1. The zero-order chi connectivity index (χ0) is 22.4. The standard InChI is InChI=1S/C23H28O7/c1-5-7-23(4,6-2)14-10-15(24)18-19(21(14)28)22(29)17-11(3)30-12(9-16(25)26)8-13(17)20(18)27/h10-12,24,28H,5-9H2,1-4H3,(H,25,26)/t11-,12+,23?/m1/s1. The quantitative estimate of drug-likeness (QED) is 0.601. The van der Waals surface area contributed by atoms with E-state index in [-0.39, 0.29) is 46.6 Å². The number of aliphatic carboxylic acids is 1. The Balaban J connectivity index is 2.17. The number of carbonyl (C=O) groups is 3. The second-order valence-electron chi connectivity index (χ2n) is 8.46. The third kappa shape index (κ3) is 3.41. The normalized spacial score (nSPS) is 23.1. The predicted molar refractivity (Wildman–Crippen MR) is 109 cm³/mol. The molecule has 1 aliphatic heterocycles. The summed E-state index contributed by atoms with van der Waals surface area (Å²) >= 11 is 0. The van der Waals surface area contributed by atoms with Gasteiger partial charge in [0.1, 0.15) is 11.5 Å². The average molecular weight is 416 g/mol. The number of phenolic OH excluding ortho intramolecular Hbond substituents is 2. The van der Waals surface area contributed by atoms with E-state index in [1.165, 1.54) is 6.07 Å². The Morgan fingerprint density at radius 2 is 1.87 bits per heavy atom. The highest BCUT2D eigenvalue weighted by molar-refractivity contribution is 6.29. The van der Waals surface area contributed by atoms with Gasteiger partial charge in [-0.2, -0.15) is 0 Å². The molecule has 2 aliphatic rings. The number of hydrogen-bond donors (Lipinski definition) is 3. The topological polar surface area (TPSA) is 121 Å². The number of hydrogen-bond acceptors (Lipinski definition) is 6. The summed E-state index contributed by atoms with van der Waals surface area (Å²) in [5.74, 6) is -2.78. The molecule has 0 bridgehead atoms. The van der Waals surface area contributed by atoms with Gasteiger partial charge in [-0.1, -0.05) is 27.2 Å². The van der Waals surface area contributed by atoms with Gasteiger partial charge in [-0.05, 0) is 31.2 Å². The zero-order valence-corrected chi connectivity index (χ0v) is 17.7. The Hall–Kier alpha value is -2.67. The summed E-state index contributed by atoms with van der Waals surface area (Å²) < 4.78 is 5.67. The van der Waals surface area contributed by atoms with Crippen molar-refractivity contribution in [3.8, 4) is 11.5 Å². The molecule has 0 saturated carbocycles. The van der Waals surface area contributed by atoms with Gasteiger partial charge in [0.15, 0.2) is 11.6 Å². The average Bonchev–Trinajstić information content (AvgIpc) is 2.66. The Kier molecular flexibility index (Phi) is 5.78. The number of fused-ring (bicyclic) bond motifs is 1. The fourth-order valence-electron chi connectivity index (χ4n) is 4.75. The van der Waals surface area contributed by atoms with E-state index in [0.29, 0.717) is 12.0 Å². The van der Waals surface area contributed by atoms with E-state index >= 15 is 0 Å². The van der Waals surface area contributed by atoms with Crippen LogP contribution in [0.2, 0.25) is 0 Å². The van der Waals surface area contributed by atoms with Crippen LogP contribution < -0.4 is 0 Å². The van der Waals surface area contributed by atoms with Crippen LogP contribution in [0, 0.1) is 0 Å². The number of rotatable bonds is 6. The van der Waals surface area contributed by atoms with Crippen LogP contribution in [0.1, 0.15) is 86.1 Å². The molecule has 0 amide bonds. The van der Waals surface area contributed by atoms with Crippen molar-refractivity contribution in [3.63, 3.8) is 0 Å². The minimum absolute atomic E-state index is 0.0273. The number of ketones is 2. The minimum Gasteiger partial charge on any atom is -0.507 e. The lowest BCUT2D eigenvalue weighted by atomic mass is 9.71. The Bertz CT molecular complexity index is 959. The number of carboxylic acid groups (broad SMARTS) is 1. The fraction of sp³-hybridized carbons (Fsp3) is 0.522. The summed E-state index contributed by atoms with van der Waals surface area (Å²) in [7, 11) is 0. The molecule has 1 aliphatic carbocycles. The van der Waals surface area contributed by atoms with E-state index in [4.69, 9.17) is 9.84 Å².